The molecule has 0 saturated carbocycles. The number of benzene rings is 1. The molecule has 0 fully saturated rings. The highest BCUT2D eigenvalue weighted by Crippen LogP contribution is 2.18. The lowest BCUT2D eigenvalue weighted by atomic mass is 10.3. The third kappa shape index (κ3) is 3.98. The SMILES string of the molecule is CCOc1ccc(N(C)CC(=O)N(C)C)cc1. The first-order valence-electron chi connectivity index (χ1n) is 5.68. The zero-order valence-electron chi connectivity index (χ0n) is 10.9. The Hall–Kier alpha value is -1.71. The van der Waals surface area contributed by atoms with E-state index in [1.54, 1.807) is 19.0 Å². The molecular weight excluding hydrogens is 216 g/mol. The van der Waals surface area contributed by atoms with Gasteiger partial charge in [0.05, 0.1) is 13.2 Å². The number of hydrogen-bond acceptors (Lipinski definition) is 3. The van der Waals surface area contributed by atoms with E-state index in [9.17, 15) is 4.79 Å². The molecule has 4 nitrogen and oxygen atoms in total. The summed E-state index contributed by atoms with van der Waals surface area (Å²) in [5.74, 6) is 0.935. The molecule has 0 saturated heterocycles. The predicted molar refractivity (Wildman–Crippen MR) is 69.6 cm³/mol. The van der Waals surface area contributed by atoms with Crippen molar-refractivity contribution in [3.8, 4) is 5.75 Å². The van der Waals surface area contributed by atoms with Gasteiger partial charge < -0.3 is 14.5 Å². The van der Waals surface area contributed by atoms with Gasteiger partial charge in [-0.05, 0) is 31.2 Å². The van der Waals surface area contributed by atoms with E-state index in [2.05, 4.69) is 0 Å². The molecule has 0 spiro atoms. The standard InChI is InChI=1S/C13H20N2O2/c1-5-17-12-8-6-11(7-9-12)15(4)10-13(16)14(2)3/h6-9H,5,10H2,1-4H3. The van der Waals surface area contributed by atoms with Crippen molar-refractivity contribution in [1.29, 1.82) is 0 Å². The van der Waals surface area contributed by atoms with Crippen LogP contribution in [0, 0.1) is 0 Å². The Morgan fingerprint density at radius 3 is 2.24 bits per heavy atom. The molecule has 4 heteroatoms. The summed E-state index contributed by atoms with van der Waals surface area (Å²) in [6.45, 7) is 2.99. The summed E-state index contributed by atoms with van der Waals surface area (Å²) in [5, 5.41) is 0. The van der Waals surface area contributed by atoms with Gasteiger partial charge in [0.25, 0.3) is 0 Å². The number of carbonyl (C=O) groups is 1. The molecule has 0 aliphatic rings. The summed E-state index contributed by atoms with van der Waals surface area (Å²) in [7, 11) is 5.42. The lowest BCUT2D eigenvalue weighted by Gasteiger charge is -2.21. The number of rotatable bonds is 5. The summed E-state index contributed by atoms with van der Waals surface area (Å²) in [5.41, 5.74) is 1.00. The van der Waals surface area contributed by atoms with Gasteiger partial charge in [0, 0.05) is 26.8 Å². The van der Waals surface area contributed by atoms with E-state index >= 15 is 0 Å². The third-order valence-electron chi connectivity index (χ3n) is 2.46. The van der Waals surface area contributed by atoms with Crippen LogP contribution in [0.2, 0.25) is 0 Å². The lowest BCUT2D eigenvalue weighted by Crippen LogP contribution is -2.34. The van der Waals surface area contributed by atoms with Crippen LogP contribution in [0.15, 0.2) is 24.3 Å². The summed E-state index contributed by atoms with van der Waals surface area (Å²) >= 11 is 0. The van der Waals surface area contributed by atoms with Gasteiger partial charge in [0.2, 0.25) is 5.91 Å². The van der Waals surface area contributed by atoms with Gasteiger partial charge in [-0.15, -0.1) is 0 Å². The smallest absolute Gasteiger partial charge is 0.241 e. The Balaban J connectivity index is 2.63. The Bertz CT molecular complexity index is 360. The highest BCUT2D eigenvalue weighted by molar-refractivity contribution is 5.80. The van der Waals surface area contributed by atoms with E-state index in [1.807, 2.05) is 43.1 Å². The van der Waals surface area contributed by atoms with Crippen molar-refractivity contribution in [1.82, 2.24) is 4.90 Å². The maximum absolute atomic E-state index is 11.6. The van der Waals surface area contributed by atoms with Crippen LogP contribution in [0.25, 0.3) is 0 Å². The average Bonchev–Trinajstić information content (AvgIpc) is 2.30. The normalized spacial score (nSPS) is 9.88. The Kier molecular flexibility index (Phi) is 4.82. The van der Waals surface area contributed by atoms with Crippen LogP contribution < -0.4 is 9.64 Å². The topological polar surface area (TPSA) is 32.8 Å². The van der Waals surface area contributed by atoms with Gasteiger partial charge in [0.1, 0.15) is 5.75 Å². The second-order valence-corrected chi connectivity index (χ2v) is 4.07. The summed E-state index contributed by atoms with van der Waals surface area (Å²) < 4.78 is 5.37. The number of anilines is 1. The van der Waals surface area contributed by atoms with Crippen LogP contribution in [0.4, 0.5) is 5.69 Å². The molecular formula is C13H20N2O2. The van der Waals surface area contributed by atoms with Crippen molar-refractivity contribution in [2.45, 2.75) is 6.92 Å². The largest absolute Gasteiger partial charge is 0.494 e. The summed E-state index contributed by atoms with van der Waals surface area (Å²) in [6.07, 6.45) is 0. The average molecular weight is 236 g/mol. The molecule has 1 rings (SSSR count). The Morgan fingerprint density at radius 1 is 1.18 bits per heavy atom. The summed E-state index contributed by atoms with van der Waals surface area (Å²) in [6, 6.07) is 7.73. The molecule has 1 amide bonds. The van der Waals surface area contributed by atoms with Crippen LogP contribution in [0.5, 0.6) is 5.75 Å². The van der Waals surface area contributed by atoms with Crippen LogP contribution in [0.3, 0.4) is 0 Å². The van der Waals surface area contributed by atoms with E-state index in [1.165, 1.54) is 0 Å². The fraction of sp³-hybridized carbons (Fsp3) is 0.462. The van der Waals surface area contributed by atoms with Crippen molar-refractivity contribution < 1.29 is 9.53 Å². The second-order valence-electron chi connectivity index (χ2n) is 4.07. The Labute approximate surface area is 103 Å². The van der Waals surface area contributed by atoms with Crippen LogP contribution >= 0.6 is 0 Å². The molecule has 0 radical (unpaired) electrons. The van der Waals surface area contributed by atoms with Crippen molar-refractivity contribution in [3.63, 3.8) is 0 Å². The molecule has 0 aliphatic heterocycles. The zero-order chi connectivity index (χ0) is 12.8. The van der Waals surface area contributed by atoms with Gasteiger partial charge in [-0.2, -0.15) is 0 Å². The number of hydrogen-bond donors (Lipinski definition) is 0. The molecule has 0 bridgehead atoms. The Morgan fingerprint density at radius 2 is 1.76 bits per heavy atom. The first kappa shape index (κ1) is 13.4. The number of ether oxygens (including phenoxy) is 1. The monoisotopic (exact) mass is 236 g/mol. The van der Waals surface area contributed by atoms with Gasteiger partial charge in [0.15, 0.2) is 0 Å². The maximum Gasteiger partial charge on any atom is 0.241 e. The molecule has 0 N–H and O–H groups in total. The molecule has 0 unspecified atom stereocenters. The first-order valence-corrected chi connectivity index (χ1v) is 5.68. The molecule has 0 atom stereocenters. The maximum atomic E-state index is 11.6. The van der Waals surface area contributed by atoms with Crippen molar-refractivity contribution in [2.75, 3.05) is 39.2 Å². The molecule has 0 heterocycles. The second kappa shape index (κ2) is 6.13. The highest BCUT2D eigenvalue weighted by atomic mass is 16.5. The number of likely N-dealkylation sites (N-methyl/N-ethyl adjacent to an activating group) is 2. The minimum absolute atomic E-state index is 0.0846. The molecule has 1 aromatic rings. The van der Waals surface area contributed by atoms with E-state index in [4.69, 9.17) is 4.74 Å². The lowest BCUT2D eigenvalue weighted by molar-refractivity contribution is -0.127. The highest BCUT2D eigenvalue weighted by Gasteiger charge is 2.08. The fourth-order valence-corrected chi connectivity index (χ4v) is 1.40. The summed E-state index contributed by atoms with van der Waals surface area (Å²) in [4.78, 5) is 15.1. The number of carbonyl (C=O) groups excluding carboxylic acids is 1. The predicted octanol–water partition coefficient (Wildman–Crippen LogP) is 1.61. The molecule has 94 valence electrons. The molecule has 17 heavy (non-hydrogen) atoms. The quantitative estimate of drug-likeness (QED) is 0.778. The van der Waals surface area contributed by atoms with Crippen LogP contribution in [-0.4, -0.2) is 45.1 Å². The number of amides is 1. The van der Waals surface area contributed by atoms with Gasteiger partial charge >= 0.3 is 0 Å². The minimum Gasteiger partial charge on any atom is -0.494 e. The number of nitrogens with zero attached hydrogens (tertiary/aromatic N) is 2. The van der Waals surface area contributed by atoms with Gasteiger partial charge in [-0.3, -0.25) is 4.79 Å². The van der Waals surface area contributed by atoms with Crippen molar-refractivity contribution in [2.24, 2.45) is 0 Å². The van der Waals surface area contributed by atoms with E-state index < -0.39 is 0 Å². The fourth-order valence-electron chi connectivity index (χ4n) is 1.40. The zero-order valence-corrected chi connectivity index (χ0v) is 10.9. The molecule has 1 aromatic carbocycles. The molecule has 0 aromatic heterocycles. The molecule has 0 aliphatic carbocycles. The van der Waals surface area contributed by atoms with Crippen molar-refractivity contribution in [3.05, 3.63) is 24.3 Å². The van der Waals surface area contributed by atoms with Crippen LogP contribution in [0.1, 0.15) is 6.92 Å². The van der Waals surface area contributed by atoms with Gasteiger partial charge in [-0.25, -0.2) is 0 Å². The van der Waals surface area contributed by atoms with Crippen LogP contribution in [-0.2, 0) is 4.79 Å². The van der Waals surface area contributed by atoms with E-state index in [0.717, 1.165) is 11.4 Å². The first-order chi connectivity index (χ1) is 8.04. The van der Waals surface area contributed by atoms with Gasteiger partial charge in [-0.1, -0.05) is 0 Å². The van der Waals surface area contributed by atoms with E-state index in [-0.39, 0.29) is 5.91 Å². The van der Waals surface area contributed by atoms with Crippen molar-refractivity contribution >= 4 is 11.6 Å². The minimum atomic E-state index is 0.0846. The third-order valence-corrected chi connectivity index (χ3v) is 2.46. The van der Waals surface area contributed by atoms with E-state index in [0.29, 0.717) is 13.2 Å².